The number of benzene rings is 1. The molecule has 17 heavy (non-hydrogen) atoms. The van der Waals surface area contributed by atoms with E-state index in [0.717, 1.165) is 19.8 Å². The number of ketones is 1. The molecule has 1 aromatic carbocycles. The molecule has 0 fully saturated rings. The highest BCUT2D eigenvalue weighted by Crippen LogP contribution is 2.24. The molecule has 0 radical (unpaired) electrons. The summed E-state index contributed by atoms with van der Waals surface area (Å²) in [6, 6.07) is 9.91. The van der Waals surface area contributed by atoms with Gasteiger partial charge in [0.15, 0.2) is 5.78 Å². The predicted octanol–water partition coefficient (Wildman–Crippen LogP) is 4.79. The molecule has 0 aliphatic heterocycles. The minimum Gasteiger partial charge on any atom is -0.293 e. The van der Waals surface area contributed by atoms with Gasteiger partial charge in [-0.25, -0.2) is 0 Å². The van der Waals surface area contributed by atoms with E-state index in [2.05, 4.69) is 15.9 Å². The lowest BCUT2D eigenvalue weighted by molar-refractivity contribution is 0.102. The number of thiophene rings is 1. The summed E-state index contributed by atoms with van der Waals surface area (Å²) in [5.74, 6) is 0.697. The van der Waals surface area contributed by atoms with Crippen molar-refractivity contribution in [3.63, 3.8) is 0 Å². The molecule has 1 aromatic heterocycles. The maximum Gasteiger partial charge on any atom is 0.174 e. The Morgan fingerprint density at radius 1 is 1.41 bits per heavy atom. The maximum atomic E-state index is 12.0. The third-order valence-corrected chi connectivity index (χ3v) is 4.66. The molecular weight excluding hydrogens is 316 g/mol. The molecular formula is C13H11BrOS2. The van der Waals surface area contributed by atoms with E-state index in [9.17, 15) is 4.79 Å². The van der Waals surface area contributed by atoms with Gasteiger partial charge in [-0.1, -0.05) is 22.0 Å². The normalized spacial score (nSPS) is 10.5. The number of halogens is 1. The zero-order valence-corrected chi connectivity index (χ0v) is 12.5. The number of thioether (sulfide) groups is 1. The third kappa shape index (κ3) is 3.44. The van der Waals surface area contributed by atoms with Crippen molar-refractivity contribution in [2.75, 3.05) is 5.75 Å². The van der Waals surface area contributed by atoms with Gasteiger partial charge in [0.1, 0.15) is 0 Å². The van der Waals surface area contributed by atoms with Gasteiger partial charge < -0.3 is 0 Å². The Kier molecular flexibility index (Phi) is 4.42. The summed E-state index contributed by atoms with van der Waals surface area (Å²) in [6.45, 7) is 1.99. The van der Waals surface area contributed by atoms with Crippen LogP contribution in [0.4, 0.5) is 0 Å². The maximum absolute atomic E-state index is 12.0. The van der Waals surface area contributed by atoms with Gasteiger partial charge in [0.05, 0.1) is 5.75 Å². The Morgan fingerprint density at radius 3 is 2.88 bits per heavy atom. The molecule has 2 rings (SSSR count). The lowest BCUT2D eigenvalue weighted by atomic mass is 10.2. The Labute approximate surface area is 117 Å². The Hall–Kier alpha value is -0.580. The van der Waals surface area contributed by atoms with Crippen molar-refractivity contribution in [3.8, 4) is 0 Å². The first-order chi connectivity index (χ1) is 8.16. The fraction of sp³-hybridized carbons (Fsp3) is 0.154. The molecule has 1 nitrogen and oxygen atoms in total. The molecule has 0 bridgehead atoms. The van der Waals surface area contributed by atoms with E-state index in [-0.39, 0.29) is 5.78 Å². The highest BCUT2D eigenvalue weighted by molar-refractivity contribution is 9.10. The number of aryl methyl sites for hydroxylation is 1. The van der Waals surface area contributed by atoms with E-state index in [1.54, 1.807) is 23.1 Å². The summed E-state index contributed by atoms with van der Waals surface area (Å²) in [5, 5.41) is 1.96. The summed E-state index contributed by atoms with van der Waals surface area (Å²) < 4.78 is 1.04. The summed E-state index contributed by atoms with van der Waals surface area (Å²) in [6.07, 6.45) is 0. The Morgan fingerprint density at radius 2 is 2.24 bits per heavy atom. The van der Waals surface area contributed by atoms with Crippen LogP contribution < -0.4 is 0 Å². The van der Waals surface area contributed by atoms with Crippen LogP contribution in [0, 0.1) is 6.92 Å². The summed E-state index contributed by atoms with van der Waals surface area (Å²) in [4.78, 5) is 14.2. The second-order valence-corrected chi connectivity index (χ2v) is 6.64. The highest BCUT2D eigenvalue weighted by atomic mass is 79.9. The van der Waals surface area contributed by atoms with Crippen LogP contribution in [-0.2, 0) is 0 Å². The van der Waals surface area contributed by atoms with Crippen molar-refractivity contribution < 1.29 is 4.79 Å². The second kappa shape index (κ2) is 5.85. The molecule has 0 atom stereocenters. The van der Waals surface area contributed by atoms with Crippen molar-refractivity contribution in [1.82, 2.24) is 0 Å². The topological polar surface area (TPSA) is 17.1 Å². The molecule has 0 saturated heterocycles. The number of rotatable bonds is 4. The fourth-order valence-corrected chi connectivity index (χ4v) is 3.56. The third-order valence-electron chi connectivity index (χ3n) is 2.33. The minimum absolute atomic E-state index is 0.203. The Bertz CT molecular complexity index is 534. The lowest BCUT2D eigenvalue weighted by Gasteiger charge is -2.01. The Balaban J connectivity index is 1.99. The monoisotopic (exact) mass is 326 g/mol. The van der Waals surface area contributed by atoms with Gasteiger partial charge in [0, 0.05) is 19.8 Å². The highest BCUT2D eigenvalue weighted by Gasteiger charge is 2.10. The number of carbonyl (C=O) groups is 1. The van der Waals surface area contributed by atoms with E-state index in [0.29, 0.717) is 5.75 Å². The van der Waals surface area contributed by atoms with Gasteiger partial charge in [-0.15, -0.1) is 23.1 Å². The molecule has 0 N–H and O–H groups in total. The molecule has 88 valence electrons. The molecule has 0 aliphatic carbocycles. The number of hydrogen-bond donors (Lipinski definition) is 0. The first kappa shape index (κ1) is 12.9. The van der Waals surface area contributed by atoms with E-state index in [1.165, 1.54) is 0 Å². The molecule has 2 aromatic rings. The van der Waals surface area contributed by atoms with Crippen LogP contribution in [-0.4, -0.2) is 11.5 Å². The second-order valence-electron chi connectivity index (χ2n) is 3.56. The number of hydrogen-bond acceptors (Lipinski definition) is 3. The van der Waals surface area contributed by atoms with Gasteiger partial charge in [0.25, 0.3) is 0 Å². The van der Waals surface area contributed by atoms with Crippen LogP contribution in [0.25, 0.3) is 0 Å². The standard InChI is InChI=1S/C13H11BrOS2/c1-9-12(5-6-16-9)13(15)8-17-11-4-2-3-10(14)7-11/h2-7H,8H2,1H3. The van der Waals surface area contributed by atoms with E-state index < -0.39 is 0 Å². The van der Waals surface area contributed by atoms with Crippen LogP contribution in [0.2, 0.25) is 0 Å². The lowest BCUT2D eigenvalue weighted by Crippen LogP contribution is -2.01. The minimum atomic E-state index is 0.203. The van der Waals surface area contributed by atoms with E-state index >= 15 is 0 Å². The van der Waals surface area contributed by atoms with Crippen LogP contribution in [0.5, 0.6) is 0 Å². The van der Waals surface area contributed by atoms with Gasteiger partial charge in [0.2, 0.25) is 0 Å². The van der Waals surface area contributed by atoms with Gasteiger partial charge in [-0.3, -0.25) is 4.79 Å². The number of Topliss-reactive ketones (excluding diaryl/α,β-unsaturated/α-hetero) is 1. The first-order valence-corrected chi connectivity index (χ1v) is 7.78. The smallest absolute Gasteiger partial charge is 0.174 e. The zero-order valence-electron chi connectivity index (χ0n) is 9.27. The van der Waals surface area contributed by atoms with Gasteiger partial charge in [-0.2, -0.15) is 0 Å². The molecule has 1 heterocycles. The predicted molar refractivity (Wildman–Crippen MR) is 78.3 cm³/mol. The molecule has 0 unspecified atom stereocenters. The summed E-state index contributed by atoms with van der Waals surface area (Å²) in [7, 11) is 0. The quantitative estimate of drug-likeness (QED) is 0.593. The first-order valence-electron chi connectivity index (χ1n) is 5.12. The zero-order chi connectivity index (χ0) is 12.3. The van der Waals surface area contributed by atoms with Crippen LogP contribution in [0.15, 0.2) is 45.1 Å². The van der Waals surface area contributed by atoms with Gasteiger partial charge >= 0.3 is 0 Å². The van der Waals surface area contributed by atoms with Crippen molar-refractivity contribution >= 4 is 44.8 Å². The summed E-state index contributed by atoms with van der Waals surface area (Å²) in [5.41, 5.74) is 0.859. The van der Waals surface area contributed by atoms with Crippen molar-refractivity contribution in [1.29, 1.82) is 0 Å². The average Bonchev–Trinajstić information content (AvgIpc) is 2.72. The largest absolute Gasteiger partial charge is 0.293 e. The fourth-order valence-electron chi connectivity index (χ4n) is 1.46. The van der Waals surface area contributed by atoms with Gasteiger partial charge in [-0.05, 0) is 36.6 Å². The molecule has 0 saturated carbocycles. The number of carbonyl (C=O) groups excluding carboxylic acids is 1. The van der Waals surface area contributed by atoms with E-state index in [1.807, 2.05) is 42.6 Å². The van der Waals surface area contributed by atoms with Crippen molar-refractivity contribution in [2.45, 2.75) is 11.8 Å². The van der Waals surface area contributed by atoms with E-state index in [4.69, 9.17) is 0 Å². The van der Waals surface area contributed by atoms with Crippen LogP contribution in [0.1, 0.15) is 15.2 Å². The van der Waals surface area contributed by atoms with Crippen molar-refractivity contribution in [3.05, 3.63) is 50.6 Å². The molecule has 0 aliphatic rings. The molecule has 0 spiro atoms. The van der Waals surface area contributed by atoms with Crippen LogP contribution in [0.3, 0.4) is 0 Å². The molecule has 0 amide bonds. The van der Waals surface area contributed by atoms with Crippen LogP contribution >= 0.6 is 39.0 Å². The molecule has 4 heteroatoms. The average molecular weight is 327 g/mol. The SMILES string of the molecule is Cc1sccc1C(=O)CSc1cccc(Br)c1. The van der Waals surface area contributed by atoms with Crippen molar-refractivity contribution in [2.24, 2.45) is 0 Å². The summed E-state index contributed by atoms with van der Waals surface area (Å²) >= 11 is 6.62.